The zero-order valence-corrected chi connectivity index (χ0v) is 26.9. The van der Waals surface area contributed by atoms with E-state index in [-0.39, 0.29) is 43.8 Å². The molecule has 232 valence electrons. The first kappa shape index (κ1) is 33.9. The molecule has 0 bridgehead atoms. The smallest absolute Gasteiger partial charge is 0.243 e. The number of carbonyl (C=O) groups excluding carboxylic acids is 2. The van der Waals surface area contributed by atoms with E-state index < -0.39 is 16.1 Å². The third-order valence-electron chi connectivity index (χ3n) is 7.10. The molecule has 0 spiro atoms. The Balaban J connectivity index is 1.91. The zero-order valence-electron chi connectivity index (χ0n) is 25.3. The number of nitrogens with zero attached hydrogens (tertiary/aromatic N) is 2. The lowest BCUT2D eigenvalue weighted by Gasteiger charge is -2.33. The molecule has 0 fully saturated rings. The molecule has 0 aromatic heterocycles. The molecule has 8 nitrogen and oxygen atoms in total. The number of halogens is 1. The molecular weight excluding hydrogens is 586 g/mol. The molecule has 0 radical (unpaired) electrons. The van der Waals surface area contributed by atoms with Gasteiger partial charge in [0.15, 0.2) is 0 Å². The highest BCUT2D eigenvalue weighted by molar-refractivity contribution is 7.92. The average Bonchev–Trinajstić information content (AvgIpc) is 2.97. The lowest BCUT2D eigenvalue weighted by Crippen LogP contribution is -2.52. The summed E-state index contributed by atoms with van der Waals surface area (Å²) < 4.78 is 32.6. The van der Waals surface area contributed by atoms with Crippen LogP contribution in [0.15, 0.2) is 78.9 Å². The largest absolute Gasteiger partial charge is 0.492 e. The number of hydrogen-bond acceptors (Lipinski definition) is 5. The standard InChI is InChI=1S/C33H42ClN3O5S/c1-5-25(3)35-33(39)30(23-26-14-8-7-9-15-26)36(24-27-16-12-17-28(34)22-27)32(38)20-13-21-37(43(4,40)41)29-18-10-11-19-31(29)42-6-2/h7-12,14-19,22,25,30H,5-6,13,20-21,23-24H2,1-4H3,(H,35,39)/t25-,30+/m0/s1. The summed E-state index contributed by atoms with van der Waals surface area (Å²) in [6, 6.07) is 22.9. The summed E-state index contributed by atoms with van der Waals surface area (Å²) in [5.41, 5.74) is 2.13. The summed E-state index contributed by atoms with van der Waals surface area (Å²) >= 11 is 6.27. The molecule has 0 aliphatic heterocycles. The molecule has 0 heterocycles. The van der Waals surface area contributed by atoms with Gasteiger partial charge in [-0.25, -0.2) is 8.42 Å². The van der Waals surface area contributed by atoms with Gasteiger partial charge in [0, 0.05) is 37.0 Å². The van der Waals surface area contributed by atoms with E-state index in [1.54, 1.807) is 41.3 Å². The monoisotopic (exact) mass is 627 g/mol. The van der Waals surface area contributed by atoms with Crippen molar-refractivity contribution >= 4 is 39.1 Å². The van der Waals surface area contributed by atoms with Crippen LogP contribution < -0.4 is 14.4 Å². The molecule has 43 heavy (non-hydrogen) atoms. The highest BCUT2D eigenvalue weighted by Gasteiger charge is 2.31. The van der Waals surface area contributed by atoms with E-state index in [0.29, 0.717) is 29.5 Å². The van der Waals surface area contributed by atoms with Crippen LogP contribution in [0.4, 0.5) is 5.69 Å². The minimum Gasteiger partial charge on any atom is -0.492 e. The Morgan fingerprint density at radius 2 is 1.63 bits per heavy atom. The van der Waals surface area contributed by atoms with E-state index in [4.69, 9.17) is 16.3 Å². The Labute approximate surface area is 261 Å². The topological polar surface area (TPSA) is 96.0 Å². The van der Waals surface area contributed by atoms with Crippen molar-refractivity contribution in [3.05, 3.63) is 95.0 Å². The minimum absolute atomic E-state index is 0.0330. The summed E-state index contributed by atoms with van der Waals surface area (Å²) in [7, 11) is -3.67. The summed E-state index contributed by atoms with van der Waals surface area (Å²) in [4.78, 5) is 29.3. The quantitative estimate of drug-likeness (QED) is 0.215. The summed E-state index contributed by atoms with van der Waals surface area (Å²) in [5.74, 6) is -0.0438. The van der Waals surface area contributed by atoms with Crippen molar-refractivity contribution in [2.45, 2.75) is 65.1 Å². The van der Waals surface area contributed by atoms with Gasteiger partial charge in [-0.3, -0.25) is 13.9 Å². The number of benzene rings is 3. The third kappa shape index (κ3) is 10.3. The van der Waals surface area contributed by atoms with Gasteiger partial charge in [0.1, 0.15) is 11.8 Å². The SMILES string of the molecule is CCOc1ccccc1N(CCCC(=O)N(Cc1cccc(Cl)c1)[C@H](Cc1ccccc1)C(=O)N[C@@H](C)CC)S(C)(=O)=O. The molecule has 2 amide bonds. The number of para-hydroxylation sites is 2. The van der Waals surface area contributed by atoms with Crippen LogP contribution in [0.1, 0.15) is 51.2 Å². The minimum atomic E-state index is -3.67. The molecule has 0 aliphatic rings. The lowest BCUT2D eigenvalue weighted by molar-refractivity contribution is -0.141. The normalized spacial score (nSPS) is 12.7. The second-order valence-electron chi connectivity index (χ2n) is 10.5. The van der Waals surface area contributed by atoms with E-state index in [1.807, 2.05) is 63.2 Å². The fraction of sp³-hybridized carbons (Fsp3) is 0.394. The number of nitrogens with one attached hydrogen (secondary N) is 1. The molecule has 1 N–H and O–H groups in total. The summed E-state index contributed by atoms with van der Waals surface area (Å²) in [5, 5.41) is 3.59. The van der Waals surface area contributed by atoms with Crippen LogP contribution >= 0.6 is 11.6 Å². The van der Waals surface area contributed by atoms with Crippen molar-refractivity contribution in [2.75, 3.05) is 23.7 Å². The van der Waals surface area contributed by atoms with E-state index in [0.717, 1.165) is 23.8 Å². The highest BCUT2D eigenvalue weighted by atomic mass is 35.5. The highest BCUT2D eigenvalue weighted by Crippen LogP contribution is 2.30. The van der Waals surface area contributed by atoms with Crippen LogP contribution in [0, 0.1) is 0 Å². The number of carbonyl (C=O) groups is 2. The van der Waals surface area contributed by atoms with Crippen molar-refractivity contribution in [3.8, 4) is 5.75 Å². The van der Waals surface area contributed by atoms with Crippen molar-refractivity contribution < 1.29 is 22.7 Å². The van der Waals surface area contributed by atoms with Gasteiger partial charge in [-0.2, -0.15) is 0 Å². The Morgan fingerprint density at radius 1 is 0.953 bits per heavy atom. The van der Waals surface area contributed by atoms with E-state index in [2.05, 4.69) is 5.32 Å². The van der Waals surface area contributed by atoms with Gasteiger partial charge in [0.05, 0.1) is 18.6 Å². The number of hydrogen-bond donors (Lipinski definition) is 1. The van der Waals surface area contributed by atoms with E-state index in [1.165, 1.54) is 4.31 Å². The fourth-order valence-corrected chi connectivity index (χ4v) is 5.93. The average molecular weight is 628 g/mol. The molecule has 2 atom stereocenters. The third-order valence-corrected chi connectivity index (χ3v) is 8.52. The first-order valence-electron chi connectivity index (χ1n) is 14.6. The predicted molar refractivity (Wildman–Crippen MR) is 173 cm³/mol. The molecule has 0 saturated carbocycles. The van der Waals surface area contributed by atoms with E-state index >= 15 is 0 Å². The summed E-state index contributed by atoms with van der Waals surface area (Å²) in [6.45, 7) is 6.38. The maximum atomic E-state index is 14.0. The number of rotatable bonds is 16. The molecule has 0 aliphatic carbocycles. The maximum absolute atomic E-state index is 14.0. The number of amides is 2. The van der Waals surface area contributed by atoms with Crippen LogP contribution in [-0.2, 0) is 32.6 Å². The van der Waals surface area contributed by atoms with Crippen molar-refractivity contribution in [3.63, 3.8) is 0 Å². The van der Waals surface area contributed by atoms with Crippen molar-refractivity contribution in [1.29, 1.82) is 0 Å². The van der Waals surface area contributed by atoms with Gasteiger partial charge in [-0.15, -0.1) is 0 Å². The lowest BCUT2D eigenvalue weighted by atomic mass is 10.0. The van der Waals surface area contributed by atoms with Gasteiger partial charge in [0.25, 0.3) is 0 Å². The van der Waals surface area contributed by atoms with Gasteiger partial charge >= 0.3 is 0 Å². The molecule has 3 aromatic carbocycles. The second kappa shape index (κ2) is 16.3. The molecule has 0 unspecified atom stereocenters. The van der Waals surface area contributed by atoms with Crippen LogP contribution in [0.25, 0.3) is 0 Å². The van der Waals surface area contributed by atoms with Crippen LogP contribution in [-0.4, -0.2) is 56.6 Å². The van der Waals surface area contributed by atoms with Crippen LogP contribution in [0.3, 0.4) is 0 Å². The van der Waals surface area contributed by atoms with Crippen LogP contribution in [0.2, 0.25) is 5.02 Å². The van der Waals surface area contributed by atoms with E-state index in [9.17, 15) is 18.0 Å². The maximum Gasteiger partial charge on any atom is 0.243 e. The first-order valence-corrected chi connectivity index (χ1v) is 16.8. The van der Waals surface area contributed by atoms with Gasteiger partial charge in [0.2, 0.25) is 21.8 Å². The van der Waals surface area contributed by atoms with Gasteiger partial charge in [-0.05, 0) is 62.1 Å². The van der Waals surface area contributed by atoms with Gasteiger partial charge < -0.3 is 15.0 Å². The number of ether oxygens (including phenoxy) is 1. The Morgan fingerprint density at radius 3 is 2.28 bits per heavy atom. The molecule has 0 saturated heterocycles. The molecule has 10 heteroatoms. The molecule has 3 aromatic rings. The zero-order chi connectivity index (χ0) is 31.4. The fourth-order valence-electron chi connectivity index (χ4n) is 4.75. The first-order chi connectivity index (χ1) is 20.5. The Kier molecular flexibility index (Phi) is 12.9. The Hall–Kier alpha value is -3.56. The second-order valence-corrected chi connectivity index (χ2v) is 12.9. The molecular formula is C33H42ClN3O5S. The Bertz CT molecular complexity index is 1450. The number of anilines is 1. The predicted octanol–water partition coefficient (Wildman–Crippen LogP) is 5.84. The van der Waals surface area contributed by atoms with Crippen molar-refractivity contribution in [2.24, 2.45) is 0 Å². The number of sulfonamides is 1. The van der Waals surface area contributed by atoms with Gasteiger partial charge in [-0.1, -0.05) is 73.1 Å². The summed E-state index contributed by atoms with van der Waals surface area (Å²) in [6.07, 6.45) is 2.48. The molecule has 3 rings (SSSR count). The van der Waals surface area contributed by atoms with Crippen LogP contribution in [0.5, 0.6) is 5.75 Å². The van der Waals surface area contributed by atoms with Crippen molar-refractivity contribution in [1.82, 2.24) is 10.2 Å².